The number of nitrogens with zero attached hydrogens (tertiary/aromatic N) is 1. The van der Waals surface area contributed by atoms with E-state index in [4.69, 9.17) is 0 Å². The lowest BCUT2D eigenvalue weighted by molar-refractivity contribution is -0.118. The Hall–Kier alpha value is -1.15. The molecule has 2 nitrogen and oxygen atoms in total. The summed E-state index contributed by atoms with van der Waals surface area (Å²) in [6, 6.07) is 7.09. The van der Waals surface area contributed by atoms with E-state index in [0.29, 0.717) is 18.2 Å². The van der Waals surface area contributed by atoms with Crippen LogP contribution in [0.25, 0.3) is 0 Å². The van der Waals surface area contributed by atoms with Gasteiger partial charge in [-0.15, -0.1) is 0 Å². The number of Topliss-reactive ketones (excluding diaryl/α,β-unsaturated/α-hetero) is 1. The molecule has 1 aromatic rings. The van der Waals surface area contributed by atoms with E-state index in [-0.39, 0.29) is 0 Å². The standard InChI is InChI=1S/C16H23NO/c1-12-6-7-13(2)15(9-12)11-17-8-4-5-16(17)10-14(3)18/h6-7,9,16H,4-5,8,10-11H2,1-3H3. The molecule has 2 rings (SSSR count). The molecule has 0 aromatic heterocycles. The van der Waals surface area contributed by atoms with Gasteiger partial charge in [-0.1, -0.05) is 23.8 Å². The highest BCUT2D eigenvalue weighted by molar-refractivity contribution is 5.76. The van der Waals surface area contributed by atoms with Gasteiger partial charge in [0.25, 0.3) is 0 Å². The van der Waals surface area contributed by atoms with E-state index >= 15 is 0 Å². The average molecular weight is 245 g/mol. The van der Waals surface area contributed by atoms with Crippen LogP contribution in [-0.2, 0) is 11.3 Å². The van der Waals surface area contributed by atoms with E-state index in [1.165, 1.54) is 29.5 Å². The van der Waals surface area contributed by atoms with Crippen LogP contribution < -0.4 is 0 Å². The molecule has 98 valence electrons. The molecular formula is C16H23NO. The molecule has 2 heteroatoms. The van der Waals surface area contributed by atoms with Crippen LogP contribution in [0.2, 0.25) is 0 Å². The van der Waals surface area contributed by atoms with Crippen molar-refractivity contribution in [2.75, 3.05) is 6.54 Å². The predicted molar refractivity (Wildman–Crippen MR) is 74.6 cm³/mol. The average Bonchev–Trinajstić information content (AvgIpc) is 2.70. The highest BCUT2D eigenvalue weighted by atomic mass is 16.1. The summed E-state index contributed by atoms with van der Waals surface area (Å²) in [6.07, 6.45) is 3.11. The van der Waals surface area contributed by atoms with Crippen LogP contribution >= 0.6 is 0 Å². The maximum absolute atomic E-state index is 11.3. The Balaban J connectivity index is 2.08. The van der Waals surface area contributed by atoms with Gasteiger partial charge in [0.1, 0.15) is 5.78 Å². The number of ketones is 1. The fraction of sp³-hybridized carbons (Fsp3) is 0.562. The second-order valence-electron chi connectivity index (χ2n) is 5.60. The molecule has 0 saturated carbocycles. The van der Waals surface area contributed by atoms with E-state index in [2.05, 4.69) is 36.9 Å². The molecule has 1 fully saturated rings. The summed E-state index contributed by atoms with van der Waals surface area (Å²) in [4.78, 5) is 13.8. The molecule has 0 radical (unpaired) electrons. The maximum Gasteiger partial charge on any atom is 0.131 e. The van der Waals surface area contributed by atoms with Crippen LogP contribution in [-0.4, -0.2) is 23.3 Å². The topological polar surface area (TPSA) is 20.3 Å². The van der Waals surface area contributed by atoms with E-state index in [1.807, 2.05) is 0 Å². The number of benzene rings is 1. The molecule has 1 aliphatic rings. The van der Waals surface area contributed by atoms with Gasteiger partial charge in [0, 0.05) is 19.0 Å². The molecule has 0 aliphatic carbocycles. The normalized spacial score (nSPS) is 20.3. The minimum atomic E-state index is 0.313. The predicted octanol–water partition coefficient (Wildman–Crippen LogP) is 3.25. The molecule has 1 saturated heterocycles. The Labute approximate surface area is 110 Å². The number of aryl methyl sites for hydroxylation is 2. The van der Waals surface area contributed by atoms with E-state index in [1.54, 1.807) is 6.92 Å². The smallest absolute Gasteiger partial charge is 0.131 e. The summed E-state index contributed by atoms with van der Waals surface area (Å²) in [5.74, 6) is 0.313. The summed E-state index contributed by atoms with van der Waals surface area (Å²) in [6.45, 7) is 8.13. The fourth-order valence-electron chi connectivity index (χ4n) is 2.86. The number of hydrogen-bond acceptors (Lipinski definition) is 2. The van der Waals surface area contributed by atoms with Gasteiger partial charge in [-0.3, -0.25) is 9.69 Å². The lowest BCUT2D eigenvalue weighted by Crippen LogP contribution is -2.30. The Morgan fingerprint density at radius 2 is 2.17 bits per heavy atom. The van der Waals surface area contributed by atoms with Crippen molar-refractivity contribution < 1.29 is 4.79 Å². The third-order valence-corrected chi connectivity index (χ3v) is 3.90. The molecule has 1 atom stereocenters. The first-order valence-corrected chi connectivity index (χ1v) is 6.86. The third-order valence-electron chi connectivity index (χ3n) is 3.90. The molecule has 1 aromatic carbocycles. The zero-order valence-electron chi connectivity index (χ0n) is 11.7. The van der Waals surface area contributed by atoms with Crippen molar-refractivity contribution in [3.8, 4) is 0 Å². The molecule has 0 N–H and O–H groups in total. The van der Waals surface area contributed by atoms with Crippen molar-refractivity contribution >= 4 is 5.78 Å². The number of carbonyl (C=O) groups is 1. The Morgan fingerprint density at radius 1 is 1.39 bits per heavy atom. The monoisotopic (exact) mass is 245 g/mol. The van der Waals surface area contributed by atoms with Crippen molar-refractivity contribution in [1.82, 2.24) is 4.90 Å². The third kappa shape index (κ3) is 3.20. The van der Waals surface area contributed by atoms with E-state index in [0.717, 1.165) is 13.1 Å². The molecule has 1 aliphatic heterocycles. The SMILES string of the molecule is CC(=O)CC1CCCN1Cc1cc(C)ccc1C. The highest BCUT2D eigenvalue weighted by Gasteiger charge is 2.25. The van der Waals surface area contributed by atoms with Crippen LogP contribution in [0.5, 0.6) is 0 Å². The number of rotatable bonds is 4. The molecular weight excluding hydrogens is 222 g/mol. The summed E-state index contributed by atoms with van der Waals surface area (Å²) < 4.78 is 0. The highest BCUT2D eigenvalue weighted by Crippen LogP contribution is 2.24. The maximum atomic E-state index is 11.3. The Morgan fingerprint density at radius 3 is 2.89 bits per heavy atom. The van der Waals surface area contributed by atoms with Gasteiger partial charge in [0.05, 0.1) is 0 Å². The first-order valence-electron chi connectivity index (χ1n) is 6.86. The van der Waals surface area contributed by atoms with E-state index < -0.39 is 0 Å². The summed E-state index contributed by atoms with van der Waals surface area (Å²) in [5, 5.41) is 0. The second kappa shape index (κ2) is 5.66. The number of likely N-dealkylation sites (tertiary alicyclic amines) is 1. The molecule has 1 unspecified atom stereocenters. The fourth-order valence-corrected chi connectivity index (χ4v) is 2.86. The number of hydrogen-bond donors (Lipinski definition) is 0. The van der Waals surface area contributed by atoms with Gasteiger partial charge in [-0.25, -0.2) is 0 Å². The molecule has 18 heavy (non-hydrogen) atoms. The van der Waals surface area contributed by atoms with Crippen molar-refractivity contribution in [1.29, 1.82) is 0 Å². The van der Waals surface area contributed by atoms with Crippen LogP contribution in [0.4, 0.5) is 0 Å². The van der Waals surface area contributed by atoms with Gasteiger partial charge in [0.2, 0.25) is 0 Å². The van der Waals surface area contributed by atoms with Gasteiger partial charge < -0.3 is 0 Å². The van der Waals surface area contributed by atoms with Gasteiger partial charge in [0.15, 0.2) is 0 Å². The first-order chi connectivity index (χ1) is 8.56. The minimum absolute atomic E-state index is 0.313. The first kappa shape index (κ1) is 13.3. The summed E-state index contributed by atoms with van der Waals surface area (Å²) in [5.41, 5.74) is 4.08. The molecule has 0 bridgehead atoms. The van der Waals surface area contributed by atoms with Crippen LogP contribution in [0, 0.1) is 13.8 Å². The van der Waals surface area contributed by atoms with Crippen molar-refractivity contribution in [2.45, 2.75) is 52.6 Å². The number of carbonyl (C=O) groups excluding carboxylic acids is 1. The van der Waals surface area contributed by atoms with Crippen LogP contribution in [0.1, 0.15) is 42.9 Å². The lowest BCUT2D eigenvalue weighted by Gasteiger charge is -2.24. The van der Waals surface area contributed by atoms with Crippen LogP contribution in [0.15, 0.2) is 18.2 Å². The van der Waals surface area contributed by atoms with Crippen molar-refractivity contribution in [3.63, 3.8) is 0 Å². The zero-order valence-corrected chi connectivity index (χ0v) is 11.7. The second-order valence-corrected chi connectivity index (χ2v) is 5.60. The van der Waals surface area contributed by atoms with Gasteiger partial charge >= 0.3 is 0 Å². The molecule has 0 spiro atoms. The summed E-state index contributed by atoms with van der Waals surface area (Å²) >= 11 is 0. The minimum Gasteiger partial charge on any atom is -0.300 e. The largest absolute Gasteiger partial charge is 0.300 e. The van der Waals surface area contributed by atoms with Gasteiger partial charge in [-0.05, 0) is 51.3 Å². The molecule has 1 heterocycles. The van der Waals surface area contributed by atoms with Crippen molar-refractivity contribution in [3.05, 3.63) is 34.9 Å². The Bertz CT molecular complexity index is 439. The quantitative estimate of drug-likeness (QED) is 0.811. The van der Waals surface area contributed by atoms with E-state index in [9.17, 15) is 4.79 Å². The zero-order chi connectivity index (χ0) is 13.1. The molecule has 0 amide bonds. The van der Waals surface area contributed by atoms with Crippen LogP contribution in [0.3, 0.4) is 0 Å². The van der Waals surface area contributed by atoms with Gasteiger partial charge in [-0.2, -0.15) is 0 Å². The lowest BCUT2D eigenvalue weighted by atomic mass is 10.0. The summed E-state index contributed by atoms with van der Waals surface area (Å²) in [7, 11) is 0. The Kier molecular flexibility index (Phi) is 4.18. The van der Waals surface area contributed by atoms with Crippen molar-refractivity contribution in [2.24, 2.45) is 0 Å².